The molecule has 0 saturated heterocycles. The highest BCUT2D eigenvalue weighted by molar-refractivity contribution is 7.99. The molecule has 0 radical (unpaired) electrons. The van der Waals surface area contributed by atoms with Crippen molar-refractivity contribution in [1.82, 2.24) is 14.6 Å². The molecule has 1 amide bonds. The predicted octanol–water partition coefficient (Wildman–Crippen LogP) is 4.35. The minimum absolute atomic E-state index is 0.103. The number of nitrogens with zero attached hydrogens (tertiary/aromatic N) is 4. The molecule has 2 heterocycles. The van der Waals surface area contributed by atoms with E-state index in [0.29, 0.717) is 16.2 Å². The van der Waals surface area contributed by atoms with Gasteiger partial charge in [0, 0.05) is 46.1 Å². The summed E-state index contributed by atoms with van der Waals surface area (Å²) in [6.45, 7) is 1.99. The van der Waals surface area contributed by atoms with Gasteiger partial charge in [0.1, 0.15) is 0 Å². The van der Waals surface area contributed by atoms with E-state index in [2.05, 4.69) is 15.4 Å². The molecule has 0 aliphatic carbocycles. The van der Waals surface area contributed by atoms with Gasteiger partial charge < -0.3 is 5.32 Å². The Morgan fingerprint density at radius 3 is 2.66 bits per heavy atom. The Morgan fingerprint density at radius 2 is 1.93 bits per heavy atom. The van der Waals surface area contributed by atoms with E-state index in [4.69, 9.17) is 0 Å². The van der Waals surface area contributed by atoms with E-state index in [-0.39, 0.29) is 11.4 Å². The van der Waals surface area contributed by atoms with Gasteiger partial charge in [-0.2, -0.15) is 5.10 Å². The minimum Gasteiger partial charge on any atom is -0.320 e. The number of carbonyl (C=O) groups is 1. The monoisotopic (exact) mass is 405 g/mol. The van der Waals surface area contributed by atoms with Crippen molar-refractivity contribution in [3.05, 3.63) is 88.4 Å². The second kappa shape index (κ2) is 7.72. The number of carbonyl (C=O) groups excluding carboxylic acids is 1. The summed E-state index contributed by atoms with van der Waals surface area (Å²) in [5.74, 6) is -0.470. The first-order chi connectivity index (χ1) is 14.0. The molecular weight excluding hydrogens is 390 g/mol. The molecular formula is C20H15N5O3S. The van der Waals surface area contributed by atoms with Crippen LogP contribution in [0.1, 0.15) is 16.1 Å². The smallest absolute Gasteiger partial charge is 0.276 e. The fraction of sp³-hybridized carbons (Fsp3) is 0.0500. The third kappa shape index (κ3) is 4.25. The van der Waals surface area contributed by atoms with Gasteiger partial charge in [0.2, 0.25) is 0 Å². The molecule has 0 atom stereocenters. The number of hydrogen-bond acceptors (Lipinski definition) is 6. The number of rotatable bonds is 5. The predicted molar refractivity (Wildman–Crippen MR) is 109 cm³/mol. The van der Waals surface area contributed by atoms with Gasteiger partial charge in [-0.3, -0.25) is 14.9 Å². The number of aryl methyl sites for hydroxylation is 1. The molecule has 144 valence electrons. The maximum absolute atomic E-state index is 12.6. The van der Waals surface area contributed by atoms with Crippen LogP contribution in [-0.4, -0.2) is 25.4 Å². The zero-order valence-corrected chi connectivity index (χ0v) is 16.1. The molecule has 0 aliphatic heterocycles. The van der Waals surface area contributed by atoms with E-state index in [1.54, 1.807) is 30.6 Å². The molecule has 2 aromatic heterocycles. The zero-order chi connectivity index (χ0) is 20.4. The quantitative estimate of drug-likeness (QED) is 0.391. The van der Waals surface area contributed by atoms with Crippen molar-refractivity contribution in [3.63, 3.8) is 0 Å². The van der Waals surface area contributed by atoms with E-state index >= 15 is 0 Å². The molecule has 0 fully saturated rings. The van der Waals surface area contributed by atoms with Crippen LogP contribution in [0.3, 0.4) is 0 Å². The Hall–Kier alpha value is -3.72. The van der Waals surface area contributed by atoms with Gasteiger partial charge in [0.05, 0.1) is 4.92 Å². The number of nitrogens with one attached hydrogen (secondary N) is 1. The number of amides is 1. The average molecular weight is 405 g/mol. The van der Waals surface area contributed by atoms with Crippen molar-refractivity contribution >= 4 is 34.7 Å². The van der Waals surface area contributed by atoms with Crippen LogP contribution in [0.5, 0.6) is 0 Å². The molecule has 0 spiro atoms. The van der Waals surface area contributed by atoms with E-state index in [1.807, 2.05) is 31.2 Å². The van der Waals surface area contributed by atoms with Crippen molar-refractivity contribution in [1.29, 1.82) is 0 Å². The fourth-order valence-corrected chi connectivity index (χ4v) is 3.61. The van der Waals surface area contributed by atoms with Crippen LogP contribution in [0.2, 0.25) is 0 Å². The molecule has 0 saturated carbocycles. The lowest BCUT2D eigenvalue weighted by Gasteiger charge is -2.07. The number of non-ortho nitro benzene ring substituents is 1. The Labute approximate surface area is 169 Å². The van der Waals surface area contributed by atoms with Crippen LogP contribution in [0.25, 0.3) is 5.65 Å². The number of hydrogen-bond donors (Lipinski definition) is 1. The molecule has 4 rings (SSSR count). The summed E-state index contributed by atoms with van der Waals surface area (Å²) in [5.41, 5.74) is 2.05. The lowest BCUT2D eigenvalue weighted by Crippen LogP contribution is -2.13. The van der Waals surface area contributed by atoms with Gasteiger partial charge in [-0.15, -0.1) is 0 Å². The molecule has 2 aromatic carbocycles. The van der Waals surface area contributed by atoms with Gasteiger partial charge in [0.15, 0.2) is 11.3 Å². The van der Waals surface area contributed by atoms with E-state index < -0.39 is 10.8 Å². The van der Waals surface area contributed by atoms with Crippen molar-refractivity contribution in [3.8, 4) is 0 Å². The maximum atomic E-state index is 12.6. The lowest BCUT2D eigenvalue weighted by atomic mass is 10.2. The Bertz CT molecular complexity index is 1190. The number of nitro benzene ring substituents is 1. The first kappa shape index (κ1) is 18.6. The molecule has 8 nitrogen and oxygen atoms in total. The summed E-state index contributed by atoms with van der Waals surface area (Å²) in [6, 6.07) is 15.6. The summed E-state index contributed by atoms with van der Waals surface area (Å²) in [4.78, 5) is 29.1. The van der Waals surface area contributed by atoms with Crippen LogP contribution in [0.15, 0.2) is 76.8 Å². The normalized spacial score (nSPS) is 10.8. The number of benzene rings is 2. The topological polar surface area (TPSA) is 102 Å². The second-order valence-electron chi connectivity index (χ2n) is 6.29. The summed E-state index contributed by atoms with van der Waals surface area (Å²) >= 11 is 1.38. The molecule has 29 heavy (non-hydrogen) atoms. The Balaban J connectivity index is 1.61. The van der Waals surface area contributed by atoms with Crippen LogP contribution in [-0.2, 0) is 0 Å². The highest BCUT2D eigenvalue weighted by Gasteiger charge is 2.16. The molecule has 9 heteroatoms. The van der Waals surface area contributed by atoms with Crippen molar-refractivity contribution in [2.45, 2.75) is 16.7 Å². The van der Waals surface area contributed by atoms with Crippen LogP contribution in [0.4, 0.5) is 11.4 Å². The Morgan fingerprint density at radius 1 is 1.14 bits per heavy atom. The second-order valence-corrected chi connectivity index (χ2v) is 7.44. The van der Waals surface area contributed by atoms with E-state index in [0.717, 1.165) is 10.5 Å². The van der Waals surface area contributed by atoms with E-state index in [1.165, 1.54) is 28.4 Å². The Kier molecular flexibility index (Phi) is 4.96. The fourth-order valence-electron chi connectivity index (χ4n) is 2.70. The molecule has 0 unspecified atom stereocenters. The summed E-state index contributed by atoms with van der Waals surface area (Å²) in [5, 5.41) is 18.2. The average Bonchev–Trinajstić information content (AvgIpc) is 3.14. The third-order valence-corrected chi connectivity index (χ3v) is 5.06. The first-order valence-electron chi connectivity index (χ1n) is 8.64. The van der Waals surface area contributed by atoms with Gasteiger partial charge in [-0.25, -0.2) is 9.50 Å². The van der Waals surface area contributed by atoms with Crippen LogP contribution >= 0.6 is 11.8 Å². The SMILES string of the molecule is Cc1ccc(Sc2cc(NC(=O)c3cc4ncccn4n3)cc([N+](=O)[O-])c2)cc1. The summed E-state index contributed by atoms with van der Waals surface area (Å²) in [6.07, 6.45) is 3.29. The standard InChI is InChI=1S/C20H15N5O3S/c1-13-3-5-16(6-4-13)29-17-10-14(9-15(11-17)25(27)28)22-20(26)18-12-19-21-7-2-8-24(19)23-18/h2-12H,1H3,(H,22,26). The van der Waals surface area contributed by atoms with Gasteiger partial charge in [-0.1, -0.05) is 29.5 Å². The molecule has 0 bridgehead atoms. The van der Waals surface area contributed by atoms with Crippen LogP contribution in [0, 0.1) is 17.0 Å². The van der Waals surface area contributed by atoms with E-state index in [9.17, 15) is 14.9 Å². The van der Waals surface area contributed by atoms with Gasteiger partial charge >= 0.3 is 0 Å². The van der Waals surface area contributed by atoms with Gasteiger partial charge in [-0.05, 0) is 31.2 Å². The summed E-state index contributed by atoms with van der Waals surface area (Å²) in [7, 11) is 0. The number of fused-ring (bicyclic) bond motifs is 1. The maximum Gasteiger partial charge on any atom is 0.276 e. The highest BCUT2D eigenvalue weighted by Crippen LogP contribution is 2.33. The first-order valence-corrected chi connectivity index (χ1v) is 9.45. The number of anilines is 1. The zero-order valence-electron chi connectivity index (χ0n) is 15.3. The molecule has 4 aromatic rings. The van der Waals surface area contributed by atoms with Crippen molar-refractivity contribution < 1.29 is 9.72 Å². The van der Waals surface area contributed by atoms with Crippen molar-refractivity contribution in [2.24, 2.45) is 0 Å². The number of aromatic nitrogens is 3. The minimum atomic E-state index is -0.482. The summed E-state index contributed by atoms with van der Waals surface area (Å²) < 4.78 is 1.49. The molecule has 1 N–H and O–H groups in total. The highest BCUT2D eigenvalue weighted by atomic mass is 32.2. The van der Waals surface area contributed by atoms with Crippen LogP contribution < -0.4 is 5.32 Å². The molecule has 0 aliphatic rings. The van der Waals surface area contributed by atoms with Gasteiger partial charge in [0.25, 0.3) is 11.6 Å². The number of nitro groups is 1. The third-order valence-electron chi connectivity index (χ3n) is 4.09. The largest absolute Gasteiger partial charge is 0.320 e. The lowest BCUT2D eigenvalue weighted by molar-refractivity contribution is -0.385. The van der Waals surface area contributed by atoms with Crippen molar-refractivity contribution in [2.75, 3.05) is 5.32 Å².